The number of halogens is 1. The number of carbonyl (C=O) groups excluding carboxylic acids is 1. The molecule has 1 fully saturated rings. The zero-order chi connectivity index (χ0) is 20.5. The van der Waals surface area contributed by atoms with Crippen molar-refractivity contribution in [3.63, 3.8) is 0 Å². The Morgan fingerprint density at radius 2 is 2.34 bits per heavy atom. The van der Waals surface area contributed by atoms with Gasteiger partial charge in [0, 0.05) is 28.5 Å². The van der Waals surface area contributed by atoms with Crippen molar-refractivity contribution in [2.45, 2.75) is 19.3 Å². The van der Waals surface area contributed by atoms with E-state index in [9.17, 15) is 10.1 Å². The van der Waals surface area contributed by atoms with Gasteiger partial charge in [-0.05, 0) is 31.4 Å². The van der Waals surface area contributed by atoms with Gasteiger partial charge in [0.05, 0.1) is 24.6 Å². The Morgan fingerprint density at radius 3 is 3.10 bits per heavy atom. The maximum Gasteiger partial charge on any atom is 0.382 e. The summed E-state index contributed by atoms with van der Waals surface area (Å²) >= 11 is 3.57. The van der Waals surface area contributed by atoms with Gasteiger partial charge in [-0.15, -0.1) is 0 Å². The molecule has 4 rings (SSSR count). The molecule has 0 spiro atoms. The maximum absolute atomic E-state index is 12.0. The second-order valence-electron chi connectivity index (χ2n) is 7.08. The largest absolute Gasteiger partial charge is 0.556 e. The Morgan fingerprint density at radius 1 is 1.52 bits per heavy atom. The van der Waals surface area contributed by atoms with Crippen molar-refractivity contribution in [1.29, 1.82) is 5.26 Å². The molecule has 2 aromatic rings. The van der Waals surface area contributed by atoms with E-state index in [0.717, 1.165) is 21.5 Å². The van der Waals surface area contributed by atoms with Gasteiger partial charge in [0.15, 0.2) is 5.82 Å². The van der Waals surface area contributed by atoms with Crippen LogP contribution in [-0.4, -0.2) is 35.8 Å². The standard InChI is InChI=1S/C19H19BBrN5O3/c1-20-7-15(21)13-6-12(2-3-17(13)29-20)24-19-14(18(23)27)9-26(25-19)16-10-28-5-4-11(16)8-22/h2-3,6-7,9,11,16H,4-5,10H2,1H3,(H2,23,27)(H,24,25)/t11-,16+/m0/s1. The number of benzene rings is 1. The van der Waals surface area contributed by atoms with Crippen molar-refractivity contribution in [3.8, 4) is 11.8 Å². The number of fused-ring (bicyclic) bond motifs is 1. The Labute approximate surface area is 176 Å². The molecule has 3 N–H and O–H groups in total. The van der Waals surface area contributed by atoms with E-state index in [1.807, 2.05) is 31.0 Å². The molecule has 2 atom stereocenters. The lowest BCUT2D eigenvalue weighted by Crippen LogP contribution is -2.29. The lowest BCUT2D eigenvalue weighted by Gasteiger charge is -2.26. The highest BCUT2D eigenvalue weighted by Crippen LogP contribution is 2.37. The lowest BCUT2D eigenvalue weighted by atomic mass is 9.69. The summed E-state index contributed by atoms with van der Waals surface area (Å²) in [7, 11) is 0. The van der Waals surface area contributed by atoms with Crippen LogP contribution in [0.4, 0.5) is 11.5 Å². The number of aromatic nitrogens is 2. The first-order chi connectivity index (χ1) is 14.0. The van der Waals surface area contributed by atoms with Crippen LogP contribution in [0.2, 0.25) is 6.82 Å². The lowest BCUT2D eigenvalue weighted by molar-refractivity contribution is 0.0342. The number of nitriles is 1. The number of ether oxygens (including phenoxy) is 1. The van der Waals surface area contributed by atoms with Crippen molar-refractivity contribution in [1.82, 2.24) is 9.78 Å². The van der Waals surface area contributed by atoms with E-state index in [-0.39, 0.29) is 24.4 Å². The minimum absolute atomic E-state index is 0.0151. The third kappa shape index (κ3) is 3.88. The zero-order valence-corrected chi connectivity index (χ0v) is 17.3. The molecule has 0 saturated carbocycles. The number of amides is 1. The first-order valence-electron chi connectivity index (χ1n) is 9.28. The fourth-order valence-corrected chi connectivity index (χ4v) is 4.21. The van der Waals surface area contributed by atoms with Crippen molar-refractivity contribution in [2.75, 3.05) is 18.5 Å². The van der Waals surface area contributed by atoms with Crippen LogP contribution >= 0.6 is 15.9 Å². The van der Waals surface area contributed by atoms with E-state index in [1.165, 1.54) is 0 Å². The van der Waals surface area contributed by atoms with Crippen LogP contribution in [0.25, 0.3) is 4.48 Å². The highest BCUT2D eigenvalue weighted by molar-refractivity contribution is 9.15. The van der Waals surface area contributed by atoms with Gasteiger partial charge in [-0.25, -0.2) is 0 Å². The molecule has 0 unspecified atom stereocenters. The summed E-state index contributed by atoms with van der Waals surface area (Å²) in [5.74, 6) is 2.25. The quantitative estimate of drug-likeness (QED) is 0.684. The van der Waals surface area contributed by atoms with Crippen LogP contribution < -0.4 is 15.7 Å². The molecule has 1 amide bonds. The van der Waals surface area contributed by atoms with E-state index in [2.05, 4.69) is 32.4 Å². The third-order valence-electron chi connectivity index (χ3n) is 5.02. The number of rotatable bonds is 4. The Kier molecular flexibility index (Phi) is 5.34. The van der Waals surface area contributed by atoms with Gasteiger partial charge < -0.3 is 20.4 Å². The molecule has 29 heavy (non-hydrogen) atoms. The summed E-state index contributed by atoms with van der Waals surface area (Å²) in [6.07, 6.45) is 2.20. The predicted octanol–water partition coefficient (Wildman–Crippen LogP) is 3.12. The van der Waals surface area contributed by atoms with Gasteiger partial charge in [-0.3, -0.25) is 9.48 Å². The molecule has 1 aromatic carbocycles. The van der Waals surface area contributed by atoms with E-state index in [0.29, 0.717) is 25.5 Å². The van der Waals surface area contributed by atoms with Gasteiger partial charge in [0.25, 0.3) is 5.91 Å². The second-order valence-corrected chi connectivity index (χ2v) is 7.93. The van der Waals surface area contributed by atoms with E-state index in [1.54, 1.807) is 10.9 Å². The summed E-state index contributed by atoms with van der Waals surface area (Å²) in [5, 5.41) is 17.1. The number of anilines is 2. The Bertz CT molecular complexity index is 1030. The molecule has 148 valence electrons. The second kappa shape index (κ2) is 7.93. The molecule has 1 aromatic heterocycles. The molecule has 2 aliphatic rings. The van der Waals surface area contributed by atoms with Crippen molar-refractivity contribution in [3.05, 3.63) is 41.5 Å². The number of nitrogens with one attached hydrogen (secondary N) is 1. The van der Waals surface area contributed by atoms with Gasteiger partial charge in [0.2, 0.25) is 0 Å². The van der Waals surface area contributed by atoms with E-state index < -0.39 is 5.91 Å². The third-order valence-corrected chi connectivity index (χ3v) is 5.71. The summed E-state index contributed by atoms with van der Waals surface area (Å²) in [6, 6.07) is 7.66. The first kappa shape index (κ1) is 19.5. The number of nitrogens with two attached hydrogens (primary N) is 1. The molecule has 10 heteroatoms. The number of primary amides is 1. The normalized spacial score (nSPS) is 20.9. The van der Waals surface area contributed by atoms with Gasteiger partial charge in [0.1, 0.15) is 11.3 Å². The molecule has 3 heterocycles. The highest BCUT2D eigenvalue weighted by atomic mass is 79.9. The van der Waals surface area contributed by atoms with E-state index in [4.69, 9.17) is 15.1 Å². The Hall–Kier alpha value is -2.77. The molecule has 2 aliphatic heterocycles. The minimum atomic E-state index is -0.597. The molecule has 1 saturated heterocycles. The number of hydrogen-bond acceptors (Lipinski definition) is 6. The van der Waals surface area contributed by atoms with E-state index >= 15 is 0 Å². The molecular weight excluding hydrogens is 437 g/mol. The van der Waals surface area contributed by atoms with Crippen LogP contribution in [0.1, 0.15) is 28.4 Å². The summed E-state index contributed by atoms with van der Waals surface area (Å²) in [5.41, 5.74) is 7.45. The van der Waals surface area contributed by atoms with Crippen molar-refractivity contribution < 1.29 is 14.2 Å². The topological polar surface area (TPSA) is 115 Å². The Balaban J connectivity index is 1.65. The minimum Gasteiger partial charge on any atom is -0.556 e. The molecular formula is C19H19BBrN5O3. The summed E-state index contributed by atoms with van der Waals surface area (Å²) in [6.45, 7) is 2.86. The van der Waals surface area contributed by atoms with Crippen LogP contribution in [0, 0.1) is 17.2 Å². The molecule has 0 radical (unpaired) electrons. The van der Waals surface area contributed by atoms with Gasteiger partial charge >= 0.3 is 6.92 Å². The average Bonchev–Trinajstić information content (AvgIpc) is 3.12. The van der Waals surface area contributed by atoms with Gasteiger partial charge in [-0.1, -0.05) is 21.9 Å². The zero-order valence-electron chi connectivity index (χ0n) is 15.8. The molecule has 0 bridgehead atoms. The SMILES string of the molecule is CB1C=C(Br)c2cc(Nc3nn([C@@H]4COCC[C@H]4C#N)cc3C(N)=O)ccc2O1. The fraction of sp³-hybridized carbons (Fsp3) is 0.316. The summed E-state index contributed by atoms with van der Waals surface area (Å²) < 4.78 is 13.9. The monoisotopic (exact) mass is 455 g/mol. The summed E-state index contributed by atoms with van der Waals surface area (Å²) in [4.78, 5) is 12.0. The molecule has 8 nitrogen and oxygen atoms in total. The molecule has 0 aliphatic carbocycles. The maximum atomic E-state index is 12.0. The highest BCUT2D eigenvalue weighted by Gasteiger charge is 2.29. The first-order valence-corrected chi connectivity index (χ1v) is 10.1. The fourth-order valence-electron chi connectivity index (χ4n) is 3.53. The average molecular weight is 456 g/mol. The smallest absolute Gasteiger partial charge is 0.382 e. The number of carbonyl (C=O) groups is 1. The predicted molar refractivity (Wildman–Crippen MR) is 113 cm³/mol. The van der Waals surface area contributed by atoms with Crippen LogP contribution in [0.15, 0.2) is 30.4 Å². The number of hydrogen-bond donors (Lipinski definition) is 2. The van der Waals surface area contributed by atoms with Crippen LogP contribution in [0.5, 0.6) is 5.75 Å². The van der Waals surface area contributed by atoms with Crippen molar-refractivity contribution >= 4 is 44.7 Å². The van der Waals surface area contributed by atoms with Crippen LogP contribution in [0.3, 0.4) is 0 Å². The van der Waals surface area contributed by atoms with Crippen molar-refractivity contribution in [2.24, 2.45) is 11.7 Å². The van der Waals surface area contributed by atoms with Gasteiger partial charge in [-0.2, -0.15) is 10.4 Å². The number of nitrogens with zero attached hydrogens (tertiary/aromatic N) is 3. The van der Waals surface area contributed by atoms with Crippen LogP contribution in [-0.2, 0) is 4.74 Å².